The van der Waals surface area contributed by atoms with Crippen LogP contribution in [0.15, 0.2) is 41.7 Å². The number of nitrogens with zero attached hydrogens (tertiary/aromatic N) is 3. The zero-order valence-electron chi connectivity index (χ0n) is 11.5. The lowest BCUT2D eigenvalue weighted by Crippen LogP contribution is -2.03. The van der Waals surface area contributed by atoms with E-state index in [1.165, 1.54) is 18.5 Å². The average Bonchev–Trinajstić information content (AvgIpc) is 2.84. The first kappa shape index (κ1) is 14.9. The molecule has 3 rings (SSSR count). The fraction of sp³-hybridized carbons (Fsp3) is 0.143. The molecule has 0 saturated heterocycles. The number of hydrogen-bond acceptors (Lipinski definition) is 4. The largest absolute Gasteiger partial charge is 0.339 e. The maximum absolute atomic E-state index is 14.3. The second kappa shape index (κ2) is 5.33. The molecule has 2 aromatic heterocycles. The van der Waals surface area contributed by atoms with Crippen LogP contribution in [0.1, 0.15) is 5.69 Å². The molecular weight excluding hydrogens is 329 g/mol. The minimum atomic E-state index is -3.46. The van der Waals surface area contributed by atoms with Gasteiger partial charge in [-0.25, -0.2) is 17.8 Å². The van der Waals surface area contributed by atoms with Crippen LogP contribution in [0.3, 0.4) is 0 Å². The molecule has 0 unspecified atom stereocenters. The minimum absolute atomic E-state index is 0.0402. The topological polar surface area (TPSA) is 64.8 Å². The van der Waals surface area contributed by atoms with Gasteiger partial charge in [-0.3, -0.25) is 4.98 Å². The van der Waals surface area contributed by atoms with Gasteiger partial charge in [0.15, 0.2) is 9.84 Å². The van der Waals surface area contributed by atoms with Crippen LogP contribution >= 0.6 is 11.6 Å². The van der Waals surface area contributed by atoms with Crippen molar-refractivity contribution in [1.29, 1.82) is 0 Å². The third-order valence-electron chi connectivity index (χ3n) is 3.22. The van der Waals surface area contributed by atoms with E-state index < -0.39 is 15.7 Å². The molecule has 0 atom stereocenters. The zero-order chi connectivity index (χ0) is 15.9. The second-order valence-corrected chi connectivity index (χ2v) is 7.29. The van der Waals surface area contributed by atoms with Gasteiger partial charge >= 0.3 is 0 Å². The molecule has 114 valence electrons. The lowest BCUT2D eigenvalue weighted by Gasteiger charge is -2.07. The van der Waals surface area contributed by atoms with E-state index in [0.29, 0.717) is 23.1 Å². The van der Waals surface area contributed by atoms with Gasteiger partial charge in [0, 0.05) is 17.8 Å². The van der Waals surface area contributed by atoms with Crippen LogP contribution in [0.2, 0.25) is 5.15 Å². The maximum atomic E-state index is 14.3. The first-order valence-corrected chi connectivity index (χ1v) is 8.56. The number of rotatable bonds is 3. The molecule has 22 heavy (non-hydrogen) atoms. The number of benzene rings is 1. The van der Waals surface area contributed by atoms with Crippen LogP contribution in [0.4, 0.5) is 4.39 Å². The van der Waals surface area contributed by atoms with Crippen molar-refractivity contribution in [3.63, 3.8) is 0 Å². The summed E-state index contributed by atoms with van der Waals surface area (Å²) in [4.78, 5) is 8.00. The summed E-state index contributed by atoms with van der Waals surface area (Å²) in [5.41, 5.74) is 0.942. The summed E-state index contributed by atoms with van der Waals surface area (Å²) in [5.74, 6) is -0.593. The van der Waals surface area contributed by atoms with Crippen molar-refractivity contribution in [1.82, 2.24) is 14.5 Å². The molecule has 0 fully saturated rings. The van der Waals surface area contributed by atoms with Gasteiger partial charge in [-0.1, -0.05) is 11.6 Å². The fourth-order valence-electron chi connectivity index (χ4n) is 2.21. The van der Waals surface area contributed by atoms with Gasteiger partial charge in [-0.2, -0.15) is 0 Å². The predicted octanol–water partition coefficient (Wildman–Crippen LogP) is 2.68. The standard InChI is InChI=1S/C14H11ClFN3O2S/c1-22(20,21)11-4-9-2-3-19(14(9)12(16)5-11)8-10-6-18-13(15)7-17-10/h2-7H,8H2,1H3. The van der Waals surface area contributed by atoms with Crippen molar-refractivity contribution < 1.29 is 12.8 Å². The van der Waals surface area contributed by atoms with Crippen LogP contribution in [-0.2, 0) is 16.4 Å². The lowest BCUT2D eigenvalue weighted by molar-refractivity contribution is 0.596. The van der Waals surface area contributed by atoms with Gasteiger partial charge in [-0.15, -0.1) is 0 Å². The minimum Gasteiger partial charge on any atom is -0.339 e. The summed E-state index contributed by atoms with van der Waals surface area (Å²) in [6, 6.07) is 4.15. The Morgan fingerprint density at radius 3 is 2.68 bits per heavy atom. The third kappa shape index (κ3) is 2.82. The van der Waals surface area contributed by atoms with Crippen molar-refractivity contribution in [3.05, 3.63) is 53.5 Å². The van der Waals surface area contributed by atoms with E-state index in [1.54, 1.807) is 16.8 Å². The molecule has 2 heterocycles. The predicted molar refractivity (Wildman–Crippen MR) is 81.1 cm³/mol. The van der Waals surface area contributed by atoms with Crippen LogP contribution in [0, 0.1) is 5.82 Å². The van der Waals surface area contributed by atoms with Gasteiger partial charge < -0.3 is 4.57 Å². The highest BCUT2D eigenvalue weighted by molar-refractivity contribution is 7.90. The van der Waals surface area contributed by atoms with Crippen LogP contribution in [-0.4, -0.2) is 29.2 Å². The van der Waals surface area contributed by atoms with Crippen LogP contribution in [0.5, 0.6) is 0 Å². The summed E-state index contributed by atoms with van der Waals surface area (Å²) in [6.07, 6.45) is 5.65. The Hall–Kier alpha value is -1.99. The molecule has 0 spiro atoms. The molecule has 0 aliphatic heterocycles. The monoisotopic (exact) mass is 339 g/mol. The highest BCUT2D eigenvalue weighted by Crippen LogP contribution is 2.24. The number of hydrogen-bond donors (Lipinski definition) is 0. The molecule has 5 nitrogen and oxygen atoms in total. The first-order valence-electron chi connectivity index (χ1n) is 6.29. The second-order valence-electron chi connectivity index (χ2n) is 4.89. The molecule has 0 amide bonds. The first-order chi connectivity index (χ1) is 10.3. The number of halogens is 2. The van der Waals surface area contributed by atoms with E-state index >= 15 is 0 Å². The van der Waals surface area contributed by atoms with E-state index in [4.69, 9.17) is 11.6 Å². The Morgan fingerprint density at radius 1 is 1.27 bits per heavy atom. The highest BCUT2D eigenvalue weighted by Gasteiger charge is 2.15. The maximum Gasteiger partial charge on any atom is 0.175 e. The van der Waals surface area contributed by atoms with Gasteiger partial charge in [0.1, 0.15) is 11.0 Å². The van der Waals surface area contributed by atoms with E-state index in [9.17, 15) is 12.8 Å². The Bertz CT molecular complexity index is 952. The highest BCUT2D eigenvalue weighted by atomic mass is 35.5. The normalized spacial score (nSPS) is 12.0. The number of fused-ring (bicyclic) bond motifs is 1. The third-order valence-corrected chi connectivity index (χ3v) is 4.51. The van der Waals surface area contributed by atoms with Crippen molar-refractivity contribution >= 4 is 32.3 Å². The van der Waals surface area contributed by atoms with Crippen molar-refractivity contribution in [2.24, 2.45) is 0 Å². The fourth-order valence-corrected chi connectivity index (χ4v) is 2.97. The summed E-state index contributed by atoms with van der Waals surface area (Å²) < 4.78 is 39.1. The smallest absolute Gasteiger partial charge is 0.175 e. The van der Waals surface area contributed by atoms with Crippen LogP contribution < -0.4 is 0 Å². The number of sulfone groups is 1. The van der Waals surface area contributed by atoms with Gasteiger partial charge in [-0.05, 0) is 18.2 Å². The van der Waals surface area contributed by atoms with Crippen LogP contribution in [0.25, 0.3) is 10.9 Å². The Balaban J connectivity index is 2.07. The van der Waals surface area contributed by atoms with Crippen molar-refractivity contribution in [2.45, 2.75) is 11.4 Å². The molecule has 0 radical (unpaired) electrons. The molecule has 0 aliphatic rings. The quantitative estimate of drug-likeness (QED) is 0.736. The molecular formula is C14H11ClFN3O2S. The van der Waals surface area contributed by atoms with E-state index in [0.717, 1.165) is 12.3 Å². The summed E-state index contributed by atoms with van der Waals surface area (Å²) in [5, 5.41) is 0.799. The average molecular weight is 340 g/mol. The van der Waals surface area contributed by atoms with Gasteiger partial charge in [0.2, 0.25) is 0 Å². The van der Waals surface area contributed by atoms with Gasteiger partial charge in [0.05, 0.1) is 35.0 Å². The molecule has 1 aromatic carbocycles. The summed E-state index contributed by atoms with van der Waals surface area (Å²) >= 11 is 5.68. The van der Waals surface area contributed by atoms with E-state index in [1.807, 2.05) is 0 Å². The Morgan fingerprint density at radius 2 is 2.05 bits per heavy atom. The number of aromatic nitrogens is 3. The summed E-state index contributed by atoms with van der Waals surface area (Å²) in [6.45, 7) is 0.308. The molecule has 0 N–H and O–H groups in total. The van der Waals surface area contributed by atoms with Crippen molar-refractivity contribution in [3.8, 4) is 0 Å². The molecule has 0 bridgehead atoms. The van der Waals surface area contributed by atoms with Gasteiger partial charge in [0.25, 0.3) is 0 Å². The summed E-state index contributed by atoms with van der Waals surface area (Å²) in [7, 11) is -3.46. The SMILES string of the molecule is CS(=O)(=O)c1cc(F)c2c(ccn2Cc2cnc(Cl)cn2)c1. The van der Waals surface area contributed by atoms with Crippen molar-refractivity contribution in [2.75, 3.05) is 6.26 Å². The molecule has 0 aliphatic carbocycles. The van der Waals surface area contributed by atoms with E-state index in [-0.39, 0.29) is 10.0 Å². The Kier molecular flexibility index (Phi) is 3.62. The molecule has 3 aromatic rings. The Labute approximate surface area is 131 Å². The van der Waals surface area contributed by atoms with E-state index in [2.05, 4.69) is 9.97 Å². The molecule has 0 saturated carbocycles. The lowest BCUT2D eigenvalue weighted by atomic mass is 10.2. The zero-order valence-corrected chi connectivity index (χ0v) is 13.1. The molecule has 8 heteroatoms.